The Kier molecular flexibility index (Phi) is 4.48. The van der Waals surface area contributed by atoms with Crippen LogP contribution in [0.4, 0.5) is 4.39 Å². The molecule has 0 spiro atoms. The number of piperidine rings is 1. The van der Waals surface area contributed by atoms with Crippen molar-refractivity contribution in [1.29, 1.82) is 0 Å². The van der Waals surface area contributed by atoms with Crippen LogP contribution in [0.2, 0.25) is 0 Å². The van der Waals surface area contributed by atoms with E-state index in [1.165, 1.54) is 12.5 Å². The summed E-state index contributed by atoms with van der Waals surface area (Å²) in [5.74, 6) is 0.501. The molecule has 0 bridgehead atoms. The van der Waals surface area contributed by atoms with Crippen molar-refractivity contribution >= 4 is 5.91 Å². The number of halogens is 1. The molecule has 1 unspecified atom stereocenters. The highest BCUT2D eigenvalue weighted by molar-refractivity contribution is 5.89. The Morgan fingerprint density at radius 2 is 2.23 bits per heavy atom. The average Bonchev–Trinajstić information content (AvgIpc) is 2.47. The van der Waals surface area contributed by atoms with Crippen molar-refractivity contribution in [1.82, 2.24) is 10.2 Å². The second-order valence-corrected chi connectivity index (χ2v) is 6.76. The maximum absolute atomic E-state index is 13.6. The first-order chi connectivity index (χ1) is 10.7. The minimum absolute atomic E-state index is 0.213. The van der Waals surface area contributed by atoms with Crippen LogP contribution < -0.4 is 5.32 Å². The van der Waals surface area contributed by atoms with Gasteiger partial charge in [-0.25, -0.2) is 4.39 Å². The minimum Gasteiger partial charge on any atom is -0.342 e. The van der Waals surface area contributed by atoms with Crippen LogP contribution in [0.15, 0.2) is 24.3 Å². The molecule has 1 atom stereocenters. The molecule has 2 aliphatic rings. The zero-order valence-corrected chi connectivity index (χ0v) is 13.3. The second kappa shape index (κ2) is 6.37. The molecule has 1 amide bonds. The van der Waals surface area contributed by atoms with Gasteiger partial charge in [-0.1, -0.05) is 18.6 Å². The Bertz CT molecular complexity index is 540. The lowest BCUT2D eigenvalue weighted by molar-refractivity contribution is -0.142. The lowest BCUT2D eigenvalue weighted by Gasteiger charge is -2.46. The van der Waals surface area contributed by atoms with Gasteiger partial charge in [-0.05, 0) is 62.9 Å². The van der Waals surface area contributed by atoms with Crippen LogP contribution in [-0.2, 0) is 10.2 Å². The highest BCUT2D eigenvalue weighted by Gasteiger charge is 2.48. The third-order valence-electron chi connectivity index (χ3n) is 5.29. The average molecular weight is 304 g/mol. The summed E-state index contributed by atoms with van der Waals surface area (Å²) in [7, 11) is 1.96. The monoisotopic (exact) mass is 304 g/mol. The van der Waals surface area contributed by atoms with Crippen molar-refractivity contribution in [2.45, 2.75) is 37.5 Å². The molecule has 0 radical (unpaired) electrons. The van der Waals surface area contributed by atoms with Gasteiger partial charge in [-0.15, -0.1) is 0 Å². The van der Waals surface area contributed by atoms with E-state index in [2.05, 4.69) is 5.32 Å². The normalized spacial score (nSPS) is 23.9. The van der Waals surface area contributed by atoms with Gasteiger partial charge in [-0.3, -0.25) is 4.79 Å². The maximum Gasteiger partial charge on any atom is 0.233 e. The third kappa shape index (κ3) is 2.76. The number of carbonyl (C=O) groups is 1. The molecule has 1 aromatic carbocycles. The number of carbonyl (C=O) groups excluding carboxylic acids is 1. The quantitative estimate of drug-likeness (QED) is 0.927. The van der Waals surface area contributed by atoms with Gasteiger partial charge in [0.1, 0.15) is 5.82 Å². The van der Waals surface area contributed by atoms with Crippen molar-refractivity contribution in [3.8, 4) is 0 Å². The van der Waals surface area contributed by atoms with E-state index < -0.39 is 5.41 Å². The Hall–Kier alpha value is -1.42. The summed E-state index contributed by atoms with van der Waals surface area (Å²) >= 11 is 0. The summed E-state index contributed by atoms with van der Waals surface area (Å²) in [4.78, 5) is 15.2. The second-order valence-electron chi connectivity index (χ2n) is 6.76. The summed E-state index contributed by atoms with van der Waals surface area (Å²) in [6.45, 7) is 2.63. The van der Waals surface area contributed by atoms with Crippen molar-refractivity contribution in [2.24, 2.45) is 5.92 Å². The molecule has 1 N–H and O–H groups in total. The summed E-state index contributed by atoms with van der Waals surface area (Å²) in [6.07, 6.45) is 5.00. The van der Waals surface area contributed by atoms with Crippen molar-refractivity contribution in [2.75, 3.05) is 26.7 Å². The highest BCUT2D eigenvalue weighted by atomic mass is 19.1. The summed E-state index contributed by atoms with van der Waals surface area (Å²) in [5.41, 5.74) is 0.392. The molecule has 0 aromatic heterocycles. The summed E-state index contributed by atoms with van der Waals surface area (Å²) < 4.78 is 13.6. The molecule has 3 rings (SSSR count). The SMILES string of the molecule is CNCC1CCCN(C(=O)C2(c3cccc(F)c3)CCC2)C1. The van der Waals surface area contributed by atoms with Gasteiger partial charge in [0.25, 0.3) is 0 Å². The summed E-state index contributed by atoms with van der Waals surface area (Å²) in [5, 5.41) is 3.22. The van der Waals surface area contributed by atoms with E-state index in [1.807, 2.05) is 18.0 Å². The first-order valence-corrected chi connectivity index (χ1v) is 8.36. The van der Waals surface area contributed by atoms with Gasteiger partial charge in [0.2, 0.25) is 5.91 Å². The number of amides is 1. The number of hydrogen-bond donors (Lipinski definition) is 1. The first kappa shape index (κ1) is 15.5. The van der Waals surface area contributed by atoms with Crippen LogP contribution in [0.5, 0.6) is 0 Å². The van der Waals surface area contributed by atoms with E-state index in [9.17, 15) is 9.18 Å². The molecular weight excluding hydrogens is 279 g/mol. The van der Waals surface area contributed by atoms with Crippen LogP contribution in [0, 0.1) is 11.7 Å². The molecule has 1 saturated heterocycles. The van der Waals surface area contributed by atoms with Crippen LogP contribution in [0.25, 0.3) is 0 Å². The van der Waals surface area contributed by atoms with E-state index >= 15 is 0 Å². The Balaban J connectivity index is 1.79. The standard InChI is InChI=1S/C18H25FN2O/c1-20-12-14-5-3-10-21(13-14)17(22)18(8-4-9-18)15-6-2-7-16(19)11-15/h2,6-7,11,14,20H,3-5,8-10,12-13H2,1H3. The molecule has 2 fully saturated rings. The minimum atomic E-state index is -0.469. The van der Waals surface area contributed by atoms with E-state index in [0.29, 0.717) is 5.92 Å². The van der Waals surface area contributed by atoms with E-state index in [1.54, 1.807) is 12.1 Å². The lowest BCUT2D eigenvalue weighted by atomic mass is 9.63. The van der Waals surface area contributed by atoms with Crippen molar-refractivity contribution in [3.63, 3.8) is 0 Å². The molecule has 1 aliphatic carbocycles. The van der Waals surface area contributed by atoms with Crippen LogP contribution >= 0.6 is 0 Å². The zero-order chi connectivity index (χ0) is 15.6. The van der Waals surface area contributed by atoms with Gasteiger partial charge >= 0.3 is 0 Å². The fraction of sp³-hybridized carbons (Fsp3) is 0.611. The number of hydrogen-bond acceptors (Lipinski definition) is 2. The molecule has 1 aromatic rings. The van der Waals surface area contributed by atoms with Gasteiger partial charge in [0, 0.05) is 13.1 Å². The molecule has 120 valence electrons. The van der Waals surface area contributed by atoms with E-state index in [4.69, 9.17) is 0 Å². The number of benzene rings is 1. The Labute approximate surface area is 131 Å². The fourth-order valence-corrected chi connectivity index (χ4v) is 3.95. The molecule has 4 heteroatoms. The zero-order valence-electron chi connectivity index (χ0n) is 13.3. The number of nitrogens with one attached hydrogen (secondary N) is 1. The molecule has 22 heavy (non-hydrogen) atoms. The largest absolute Gasteiger partial charge is 0.342 e. The van der Waals surface area contributed by atoms with Crippen LogP contribution in [0.3, 0.4) is 0 Å². The predicted octanol–water partition coefficient (Wildman–Crippen LogP) is 2.71. The van der Waals surface area contributed by atoms with Gasteiger partial charge < -0.3 is 10.2 Å². The smallest absolute Gasteiger partial charge is 0.233 e. The van der Waals surface area contributed by atoms with Crippen LogP contribution in [0.1, 0.15) is 37.7 Å². The molecule has 1 aliphatic heterocycles. The van der Waals surface area contributed by atoms with E-state index in [-0.39, 0.29) is 11.7 Å². The molecule has 1 saturated carbocycles. The fourth-order valence-electron chi connectivity index (χ4n) is 3.95. The predicted molar refractivity (Wildman–Crippen MR) is 85.2 cm³/mol. The molecular formula is C18H25FN2O. The van der Waals surface area contributed by atoms with Gasteiger partial charge in [-0.2, -0.15) is 0 Å². The maximum atomic E-state index is 13.6. The van der Waals surface area contributed by atoms with Crippen molar-refractivity contribution in [3.05, 3.63) is 35.6 Å². The van der Waals surface area contributed by atoms with Crippen LogP contribution in [-0.4, -0.2) is 37.5 Å². The summed E-state index contributed by atoms with van der Waals surface area (Å²) in [6, 6.07) is 6.63. The topological polar surface area (TPSA) is 32.3 Å². The lowest BCUT2D eigenvalue weighted by Crippen LogP contribution is -2.54. The highest BCUT2D eigenvalue weighted by Crippen LogP contribution is 2.45. The molecule has 1 heterocycles. The number of rotatable bonds is 4. The van der Waals surface area contributed by atoms with Crippen molar-refractivity contribution < 1.29 is 9.18 Å². The number of nitrogens with zero attached hydrogens (tertiary/aromatic N) is 1. The third-order valence-corrected chi connectivity index (χ3v) is 5.29. The Morgan fingerprint density at radius 3 is 2.86 bits per heavy atom. The molecule has 3 nitrogen and oxygen atoms in total. The van der Waals surface area contributed by atoms with E-state index in [0.717, 1.165) is 50.9 Å². The van der Waals surface area contributed by atoms with Gasteiger partial charge in [0.05, 0.1) is 5.41 Å². The first-order valence-electron chi connectivity index (χ1n) is 8.36. The number of likely N-dealkylation sites (tertiary alicyclic amines) is 1. The van der Waals surface area contributed by atoms with Gasteiger partial charge in [0.15, 0.2) is 0 Å². The Morgan fingerprint density at radius 1 is 1.41 bits per heavy atom.